The van der Waals surface area contributed by atoms with Crippen molar-refractivity contribution in [2.45, 2.75) is 6.04 Å². The number of hydrogen-bond acceptors (Lipinski definition) is 4. The van der Waals surface area contributed by atoms with Gasteiger partial charge in [0.15, 0.2) is 0 Å². The number of pyridine rings is 2. The Morgan fingerprint density at radius 2 is 1.67 bits per heavy atom. The highest BCUT2D eigenvalue weighted by molar-refractivity contribution is 5.93. The molecule has 0 aliphatic carbocycles. The molecule has 0 unspecified atom stereocenters. The summed E-state index contributed by atoms with van der Waals surface area (Å²) in [4.78, 5) is 20.5. The molecule has 3 aromatic rings. The van der Waals surface area contributed by atoms with E-state index in [0.29, 0.717) is 0 Å². The fourth-order valence-corrected chi connectivity index (χ4v) is 2.35. The van der Waals surface area contributed by atoms with E-state index < -0.39 is 6.04 Å². The molecule has 24 heavy (non-hydrogen) atoms. The van der Waals surface area contributed by atoms with E-state index in [0.717, 1.165) is 11.1 Å². The highest BCUT2D eigenvalue weighted by Crippen LogP contribution is 2.22. The molecular formula is C18H15FN4O. The zero-order chi connectivity index (χ0) is 16.9. The maximum Gasteiger partial charge on any atom is 0.270 e. The highest BCUT2D eigenvalue weighted by atomic mass is 19.1. The summed E-state index contributed by atoms with van der Waals surface area (Å²) in [5.41, 5.74) is 7.42. The predicted molar refractivity (Wildman–Crippen MR) is 88.6 cm³/mol. The molecule has 3 rings (SSSR count). The van der Waals surface area contributed by atoms with Gasteiger partial charge in [-0.3, -0.25) is 9.78 Å². The van der Waals surface area contributed by atoms with E-state index in [-0.39, 0.29) is 23.2 Å². The van der Waals surface area contributed by atoms with Crippen LogP contribution in [0.15, 0.2) is 67.0 Å². The summed E-state index contributed by atoms with van der Waals surface area (Å²) in [7, 11) is 0. The lowest BCUT2D eigenvalue weighted by Gasteiger charge is -2.19. The first-order chi connectivity index (χ1) is 11.6. The van der Waals surface area contributed by atoms with E-state index in [1.807, 2.05) is 0 Å². The largest absolute Gasteiger partial charge is 0.384 e. The van der Waals surface area contributed by atoms with Gasteiger partial charge in [-0.05, 0) is 47.5 Å². The quantitative estimate of drug-likeness (QED) is 0.774. The zero-order valence-electron chi connectivity index (χ0n) is 12.7. The second-order valence-electron chi connectivity index (χ2n) is 5.19. The molecule has 2 aromatic heterocycles. The van der Waals surface area contributed by atoms with Crippen molar-refractivity contribution in [1.29, 1.82) is 0 Å². The number of anilines is 1. The smallest absolute Gasteiger partial charge is 0.270 e. The minimum Gasteiger partial charge on any atom is -0.384 e. The number of rotatable bonds is 4. The van der Waals surface area contributed by atoms with Gasteiger partial charge in [0.05, 0.1) is 6.04 Å². The van der Waals surface area contributed by atoms with Gasteiger partial charge in [-0.25, -0.2) is 9.37 Å². The number of nitrogen functional groups attached to an aromatic ring is 1. The van der Waals surface area contributed by atoms with Crippen LogP contribution in [-0.2, 0) is 0 Å². The second kappa shape index (κ2) is 6.87. The van der Waals surface area contributed by atoms with Crippen molar-refractivity contribution in [1.82, 2.24) is 15.3 Å². The summed E-state index contributed by atoms with van der Waals surface area (Å²) in [5.74, 6) is -0.436. The monoisotopic (exact) mass is 322 g/mol. The van der Waals surface area contributed by atoms with Gasteiger partial charge in [0.1, 0.15) is 17.3 Å². The molecule has 0 saturated heterocycles. The van der Waals surface area contributed by atoms with Crippen molar-refractivity contribution in [3.8, 4) is 0 Å². The Morgan fingerprint density at radius 1 is 1.00 bits per heavy atom. The standard InChI is InChI=1S/C18H15FN4O/c19-14-6-4-12(5-7-14)17(13-8-10-21-11-9-13)23-18(24)15-2-1-3-16(20)22-15/h1-11,17H,(H2,20,22)(H,23,24)/t17-/m1/s1. The molecule has 2 heterocycles. The number of hydrogen-bond donors (Lipinski definition) is 2. The number of benzene rings is 1. The summed E-state index contributed by atoms with van der Waals surface area (Å²) >= 11 is 0. The van der Waals surface area contributed by atoms with Gasteiger partial charge in [-0.2, -0.15) is 0 Å². The number of nitrogens with zero attached hydrogens (tertiary/aromatic N) is 2. The van der Waals surface area contributed by atoms with Gasteiger partial charge in [-0.15, -0.1) is 0 Å². The average Bonchev–Trinajstić information content (AvgIpc) is 2.61. The van der Waals surface area contributed by atoms with Crippen LogP contribution in [0.4, 0.5) is 10.2 Å². The van der Waals surface area contributed by atoms with E-state index in [1.54, 1.807) is 54.9 Å². The van der Waals surface area contributed by atoms with Gasteiger partial charge < -0.3 is 11.1 Å². The summed E-state index contributed by atoms with van der Waals surface area (Å²) in [6.45, 7) is 0. The molecule has 6 heteroatoms. The van der Waals surface area contributed by atoms with Crippen LogP contribution in [0.25, 0.3) is 0 Å². The molecule has 0 spiro atoms. The molecule has 3 N–H and O–H groups in total. The third-order valence-electron chi connectivity index (χ3n) is 3.52. The first-order valence-corrected chi connectivity index (χ1v) is 7.32. The number of carbonyl (C=O) groups is 1. The van der Waals surface area contributed by atoms with Crippen molar-refractivity contribution < 1.29 is 9.18 Å². The molecule has 120 valence electrons. The summed E-state index contributed by atoms with van der Waals surface area (Å²) in [6.07, 6.45) is 3.27. The highest BCUT2D eigenvalue weighted by Gasteiger charge is 2.18. The maximum absolute atomic E-state index is 13.2. The number of carbonyl (C=O) groups excluding carboxylic acids is 1. The molecular weight excluding hydrogens is 307 g/mol. The molecule has 1 amide bonds. The lowest BCUT2D eigenvalue weighted by Crippen LogP contribution is -2.30. The molecule has 0 fully saturated rings. The molecule has 0 aliphatic rings. The van der Waals surface area contributed by atoms with Crippen molar-refractivity contribution >= 4 is 11.7 Å². The molecule has 0 saturated carbocycles. The van der Waals surface area contributed by atoms with Gasteiger partial charge in [0, 0.05) is 12.4 Å². The Balaban J connectivity index is 1.93. The van der Waals surface area contributed by atoms with Gasteiger partial charge in [-0.1, -0.05) is 18.2 Å². The zero-order valence-corrected chi connectivity index (χ0v) is 12.7. The van der Waals surface area contributed by atoms with E-state index in [1.165, 1.54) is 12.1 Å². The first kappa shape index (κ1) is 15.6. The fraction of sp³-hybridized carbons (Fsp3) is 0.0556. The predicted octanol–water partition coefficient (Wildman–Crippen LogP) is 2.72. The van der Waals surface area contributed by atoms with Crippen molar-refractivity contribution in [2.75, 3.05) is 5.73 Å². The Morgan fingerprint density at radius 3 is 2.33 bits per heavy atom. The number of halogens is 1. The molecule has 0 aliphatic heterocycles. The lowest BCUT2D eigenvalue weighted by atomic mass is 9.99. The molecule has 1 atom stereocenters. The van der Waals surface area contributed by atoms with Crippen LogP contribution in [-0.4, -0.2) is 15.9 Å². The van der Waals surface area contributed by atoms with Crippen molar-refractivity contribution in [2.24, 2.45) is 0 Å². The van der Waals surface area contributed by atoms with Crippen LogP contribution in [0.1, 0.15) is 27.7 Å². The van der Waals surface area contributed by atoms with E-state index in [4.69, 9.17) is 5.73 Å². The third kappa shape index (κ3) is 3.55. The van der Waals surface area contributed by atoms with Gasteiger partial charge >= 0.3 is 0 Å². The molecule has 5 nitrogen and oxygen atoms in total. The van der Waals surface area contributed by atoms with Gasteiger partial charge in [0.25, 0.3) is 5.91 Å². The minimum absolute atomic E-state index is 0.219. The molecule has 1 aromatic carbocycles. The number of aromatic nitrogens is 2. The normalized spacial score (nSPS) is 11.7. The van der Waals surface area contributed by atoms with Crippen LogP contribution in [0.3, 0.4) is 0 Å². The van der Waals surface area contributed by atoms with Crippen LogP contribution < -0.4 is 11.1 Å². The third-order valence-corrected chi connectivity index (χ3v) is 3.52. The summed E-state index contributed by atoms with van der Waals surface area (Å²) < 4.78 is 13.2. The second-order valence-corrected chi connectivity index (χ2v) is 5.19. The fourth-order valence-electron chi connectivity index (χ4n) is 2.35. The lowest BCUT2D eigenvalue weighted by molar-refractivity contribution is 0.0938. The summed E-state index contributed by atoms with van der Waals surface area (Å²) in [6, 6.07) is 14.0. The van der Waals surface area contributed by atoms with Crippen LogP contribution in [0, 0.1) is 5.82 Å². The van der Waals surface area contributed by atoms with E-state index in [2.05, 4.69) is 15.3 Å². The Kier molecular flexibility index (Phi) is 4.47. The summed E-state index contributed by atoms with van der Waals surface area (Å²) in [5, 5.41) is 2.91. The minimum atomic E-state index is -0.454. The van der Waals surface area contributed by atoms with E-state index >= 15 is 0 Å². The van der Waals surface area contributed by atoms with Crippen molar-refractivity contribution in [3.05, 3.63) is 89.6 Å². The Bertz CT molecular complexity index is 837. The topological polar surface area (TPSA) is 80.9 Å². The number of nitrogens with two attached hydrogens (primary N) is 1. The maximum atomic E-state index is 13.2. The average molecular weight is 322 g/mol. The van der Waals surface area contributed by atoms with Crippen molar-refractivity contribution in [3.63, 3.8) is 0 Å². The first-order valence-electron chi connectivity index (χ1n) is 7.32. The number of nitrogens with one attached hydrogen (secondary N) is 1. The number of amides is 1. The van der Waals surface area contributed by atoms with Gasteiger partial charge in [0.2, 0.25) is 0 Å². The van der Waals surface area contributed by atoms with Crippen LogP contribution >= 0.6 is 0 Å². The molecule has 0 radical (unpaired) electrons. The van der Waals surface area contributed by atoms with E-state index in [9.17, 15) is 9.18 Å². The Labute approximate surface area is 138 Å². The van der Waals surface area contributed by atoms with Crippen LogP contribution in [0.5, 0.6) is 0 Å². The van der Waals surface area contributed by atoms with Crippen LogP contribution in [0.2, 0.25) is 0 Å². The Hall–Kier alpha value is -3.28. The molecule has 0 bridgehead atoms. The SMILES string of the molecule is Nc1cccc(C(=O)N[C@@H](c2ccncc2)c2ccc(F)cc2)n1.